The largest absolute Gasteiger partial charge is 0.506 e. The van der Waals surface area contributed by atoms with E-state index < -0.39 is 0 Å². The van der Waals surface area contributed by atoms with Crippen LogP contribution in [0.15, 0.2) is 18.5 Å². The normalized spacial score (nSPS) is 27.0. The van der Waals surface area contributed by atoms with Crippen LogP contribution in [0.3, 0.4) is 0 Å². The molecule has 1 aromatic heterocycles. The minimum Gasteiger partial charge on any atom is -0.506 e. The van der Waals surface area contributed by atoms with Gasteiger partial charge in [0.1, 0.15) is 5.75 Å². The number of rotatable bonds is 1. The van der Waals surface area contributed by atoms with E-state index in [0.29, 0.717) is 17.6 Å². The lowest BCUT2D eigenvalue weighted by molar-refractivity contribution is 0.0747. The summed E-state index contributed by atoms with van der Waals surface area (Å²) >= 11 is 0. The van der Waals surface area contributed by atoms with Crippen LogP contribution >= 0.6 is 0 Å². The molecule has 5 nitrogen and oxygen atoms in total. The SMILES string of the molecule is O=C(c1cncc(O)c1)N1CCC2CCC(C1)N2. The van der Waals surface area contributed by atoms with Crippen LogP contribution in [0.25, 0.3) is 0 Å². The van der Waals surface area contributed by atoms with Crippen LogP contribution in [0, 0.1) is 0 Å². The molecule has 2 bridgehead atoms. The van der Waals surface area contributed by atoms with Crippen molar-refractivity contribution in [3.63, 3.8) is 0 Å². The molecule has 18 heavy (non-hydrogen) atoms. The highest BCUT2D eigenvalue weighted by atomic mass is 16.3. The first-order valence-electron chi connectivity index (χ1n) is 6.42. The maximum atomic E-state index is 12.3. The zero-order chi connectivity index (χ0) is 12.5. The molecule has 0 spiro atoms. The average molecular weight is 247 g/mol. The molecule has 96 valence electrons. The van der Waals surface area contributed by atoms with Gasteiger partial charge in [-0.1, -0.05) is 0 Å². The van der Waals surface area contributed by atoms with E-state index in [-0.39, 0.29) is 11.7 Å². The van der Waals surface area contributed by atoms with E-state index in [0.717, 1.165) is 25.9 Å². The van der Waals surface area contributed by atoms with Crippen molar-refractivity contribution in [3.8, 4) is 5.75 Å². The fourth-order valence-electron chi connectivity index (χ4n) is 2.85. The van der Waals surface area contributed by atoms with Crippen LogP contribution < -0.4 is 5.32 Å². The molecule has 0 aliphatic carbocycles. The Balaban J connectivity index is 1.76. The van der Waals surface area contributed by atoms with E-state index in [1.807, 2.05) is 4.90 Å². The number of likely N-dealkylation sites (tertiary alicyclic amines) is 1. The molecule has 2 fully saturated rings. The van der Waals surface area contributed by atoms with Crippen LogP contribution in [0.1, 0.15) is 29.6 Å². The number of amides is 1. The second-order valence-electron chi connectivity index (χ2n) is 5.11. The summed E-state index contributed by atoms with van der Waals surface area (Å²) in [6, 6.07) is 2.47. The number of nitrogens with one attached hydrogen (secondary N) is 1. The zero-order valence-corrected chi connectivity index (χ0v) is 10.2. The molecular formula is C13H17N3O2. The molecule has 0 radical (unpaired) electrons. The van der Waals surface area contributed by atoms with E-state index in [9.17, 15) is 9.90 Å². The van der Waals surface area contributed by atoms with Gasteiger partial charge in [0.05, 0.1) is 11.8 Å². The van der Waals surface area contributed by atoms with Gasteiger partial charge in [0.2, 0.25) is 0 Å². The summed E-state index contributed by atoms with van der Waals surface area (Å²) in [5.74, 6) is 0.00284. The summed E-state index contributed by atoms with van der Waals surface area (Å²) in [5, 5.41) is 12.9. The lowest BCUT2D eigenvalue weighted by Gasteiger charge is -2.24. The molecule has 1 aromatic rings. The Morgan fingerprint density at radius 1 is 1.33 bits per heavy atom. The highest BCUT2D eigenvalue weighted by Gasteiger charge is 2.31. The van der Waals surface area contributed by atoms with Gasteiger partial charge in [0.15, 0.2) is 0 Å². The van der Waals surface area contributed by atoms with Crippen molar-refractivity contribution in [3.05, 3.63) is 24.0 Å². The standard InChI is InChI=1S/C13H17N3O2/c17-12-5-9(6-14-7-12)13(18)16-4-3-10-1-2-11(8-16)15-10/h5-7,10-11,15,17H,1-4,8H2. The van der Waals surface area contributed by atoms with Crippen molar-refractivity contribution >= 4 is 5.91 Å². The molecule has 0 aromatic carbocycles. The van der Waals surface area contributed by atoms with Gasteiger partial charge in [-0.25, -0.2) is 0 Å². The molecule has 5 heteroatoms. The lowest BCUT2D eigenvalue weighted by atomic mass is 10.1. The quantitative estimate of drug-likeness (QED) is 0.768. The third kappa shape index (κ3) is 2.18. The number of aromatic nitrogens is 1. The molecule has 0 saturated carbocycles. The summed E-state index contributed by atoms with van der Waals surface area (Å²) in [6.45, 7) is 1.54. The number of pyridine rings is 1. The van der Waals surface area contributed by atoms with Crippen LogP contribution in [-0.2, 0) is 0 Å². The molecule has 2 atom stereocenters. The smallest absolute Gasteiger partial charge is 0.255 e. The Hall–Kier alpha value is -1.62. The highest BCUT2D eigenvalue weighted by molar-refractivity contribution is 5.94. The third-order valence-electron chi connectivity index (χ3n) is 3.78. The summed E-state index contributed by atoms with van der Waals surface area (Å²) < 4.78 is 0. The Bertz CT molecular complexity index is 463. The second-order valence-corrected chi connectivity index (χ2v) is 5.11. The number of aromatic hydroxyl groups is 1. The van der Waals surface area contributed by atoms with Gasteiger partial charge in [-0.15, -0.1) is 0 Å². The average Bonchev–Trinajstić information content (AvgIpc) is 2.68. The highest BCUT2D eigenvalue weighted by Crippen LogP contribution is 2.22. The molecule has 2 unspecified atom stereocenters. The van der Waals surface area contributed by atoms with Crippen LogP contribution in [0.4, 0.5) is 0 Å². The fraction of sp³-hybridized carbons (Fsp3) is 0.538. The van der Waals surface area contributed by atoms with Gasteiger partial charge in [0, 0.05) is 31.4 Å². The molecule has 2 saturated heterocycles. The number of hydrogen-bond donors (Lipinski definition) is 2. The molecule has 1 amide bonds. The molecule has 2 aliphatic heterocycles. The first kappa shape index (κ1) is 11.5. The summed E-state index contributed by atoms with van der Waals surface area (Å²) in [4.78, 5) is 18.1. The monoisotopic (exact) mass is 247 g/mol. The van der Waals surface area contributed by atoms with E-state index in [1.165, 1.54) is 24.9 Å². The number of nitrogens with zero attached hydrogens (tertiary/aromatic N) is 2. The molecule has 2 aliphatic rings. The maximum Gasteiger partial charge on any atom is 0.255 e. The van der Waals surface area contributed by atoms with Crippen molar-refractivity contribution in [2.24, 2.45) is 0 Å². The summed E-state index contributed by atoms with van der Waals surface area (Å²) in [6.07, 6.45) is 6.23. The molecule has 2 N–H and O–H groups in total. The van der Waals surface area contributed by atoms with E-state index in [2.05, 4.69) is 10.3 Å². The topological polar surface area (TPSA) is 65.5 Å². The first-order valence-corrected chi connectivity index (χ1v) is 6.42. The summed E-state index contributed by atoms with van der Waals surface area (Å²) in [7, 11) is 0. The van der Waals surface area contributed by atoms with Crippen LogP contribution in [-0.4, -0.2) is 46.1 Å². The minimum absolute atomic E-state index is 0.0345. The van der Waals surface area contributed by atoms with Crippen molar-refractivity contribution in [1.82, 2.24) is 15.2 Å². The number of carbonyl (C=O) groups excluding carboxylic acids is 1. The fourth-order valence-corrected chi connectivity index (χ4v) is 2.85. The van der Waals surface area contributed by atoms with Crippen LogP contribution in [0.2, 0.25) is 0 Å². The van der Waals surface area contributed by atoms with Crippen molar-refractivity contribution in [1.29, 1.82) is 0 Å². The third-order valence-corrected chi connectivity index (χ3v) is 3.78. The Morgan fingerprint density at radius 3 is 3.00 bits per heavy atom. The van der Waals surface area contributed by atoms with E-state index in [1.54, 1.807) is 0 Å². The number of fused-ring (bicyclic) bond motifs is 2. The predicted octanol–water partition coefficient (Wildman–Crippen LogP) is 0.754. The Labute approximate surface area is 106 Å². The van der Waals surface area contributed by atoms with Crippen molar-refractivity contribution in [2.75, 3.05) is 13.1 Å². The second kappa shape index (κ2) is 4.57. The van der Waals surface area contributed by atoms with Crippen molar-refractivity contribution < 1.29 is 9.90 Å². The van der Waals surface area contributed by atoms with Gasteiger partial charge in [0.25, 0.3) is 5.91 Å². The first-order chi connectivity index (χ1) is 8.72. The number of hydrogen-bond acceptors (Lipinski definition) is 4. The lowest BCUT2D eigenvalue weighted by Crippen LogP contribution is -2.39. The van der Waals surface area contributed by atoms with Gasteiger partial charge in [-0.2, -0.15) is 0 Å². The van der Waals surface area contributed by atoms with Gasteiger partial charge < -0.3 is 15.3 Å². The molecular weight excluding hydrogens is 230 g/mol. The number of carbonyl (C=O) groups is 1. The van der Waals surface area contributed by atoms with Gasteiger partial charge >= 0.3 is 0 Å². The molecule has 3 heterocycles. The van der Waals surface area contributed by atoms with E-state index >= 15 is 0 Å². The Kier molecular flexibility index (Phi) is 2.91. The minimum atomic E-state index is -0.0345. The van der Waals surface area contributed by atoms with Gasteiger partial charge in [-0.05, 0) is 25.3 Å². The van der Waals surface area contributed by atoms with Crippen LogP contribution in [0.5, 0.6) is 5.75 Å². The summed E-state index contributed by atoms with van der Waals surface area (Å²) in [5.41, 5.74) is 0.466. The molecule has 3 rings (SSSR count). The van der Waals surface area contributed by atoms with Gasteiger partial charge in [-0.3, -0.25) is 9.78 Å². The maximum absolute atomic E-state index is 12.3. The van der Waals surface area contributed by atoms with E-state index in [4.69, 9.17) is 0 Å². The zero-order valence-electron chi connectivity index (χ0n) is 10.2. The predicted molar refractivity (Wildman–Crippen MR) is 66.4 cm³/mol. The van der Waals surface area contributed by atoms with Crippen molar-refractivity contribution in [2.45, 2.75) is 31.3 Å². The Morgan fingerprint density at radius 2 is 2.17 bits per heavy atom.